The van der Waals surface area contributed by atoms with Crippen LogP contribution in [0.15, 0.2) is 48.5 Å². The molecule has 0 unspecified atom stereocenters. The van der Waals surface area contributed by atoms with Crippen LogP contribution in [-0.2, 0) is 22.6 Å². The standard InChI is InChI=1S/C16H15FO2/c1-12-5-4-6-13(9-12)10-16(18)19-11-14-7-2-3-8-15(14)17/h2-9H,10-11H2,1H3. The average molecular weight is 258 g/mol. The van der Waals surface area contributed by atoms with Gasteiger partial charge >= 0.3 is 5.97 Å². The molecule has 2 nitrogen and oxygen atoms in total. The molecule has 2 aromatic rings. The van der Waals surface area contributed by atoms with Crippen molar-refractivity contribution in [3.63, 3.8) is 0 Å². The normalized spacial score (nSPS) is 10.2. The zero-order valence-electron chi connectivity index (χ0n) is 10.7. The van der Waals surface area contributed by atoms with Gasteiger partial charge < -0.3 is 4.74 Å². The molecule has 0 atom stereocenters. The molecule has 2 aromatic carbocycles. The van der Waals surface area contributed by atoms with Gasteiger partial charge in [0.1, 0.15) is 12.4 Å². The molecule has 19 heavy (non-hydrogen) atoms. The van der Waals surface area contributed by atoms with E-state index in [9.17, 15) is 9.18 Å². The maximum Gasteiger partial charge on any atom is 0.310 e. The molecule has 0 saturated heterocycles. The zero-order valence-corrected chi connectivity index (χ0v) is 10.7. The van der Waals surface area contributed by atoms with Gasteiger partial charge in [-0.15, -0.1) is 0 Å². The number of ether oxygens (including phenoxy) is 1. The molecule has 0 heterocycles. The summed E-state index contributed by atoms with van der Waals surface area (Å²) in [5.74, 6) is -0.709. The Morgan fingerprint density at radius 2 is 1.95 bits per heavy atom. The largest absolute Gasteiger partial charge is 0.460 e. The van der Waals surface area contributed by atoms with Crippen LogP contribution in [0, 0.1) is 12.7 Å². The summed E-state index contributed by atoms with van der Waals surface area (Å²) >= 11 is 0. The lowest BCUT2D eigenvalue weighted by molar-refractivity contribution is -0.144. The SMILES string of the molecule is Cc1cccc(CC(=O)OCc2ccccc2F)c1. The van der Waals surface area contributed by atoms with E-state index in [1.54, 1.807) is 18.2 Å². The number of aryl methyl sites for hydroxylation is 1. The Morgan fingerprint density at radius 3 is 2.68 bits per heavy atom. The van der Waals surface area contributed by atoms with Gasteiger partial charge in [-0.3, -0.25) is 4.79 Å². The molecule has 0 aliphatic carbocycles. The Kier molecular flexibility index (Phi) is 4.29. The summed E-state index contributed by atoms with van der Waals surface area (Å²) in [6.07, 6.45) is 0.204. The molecule has 0 aromatic heterocycles. The highest BCUT2D eigenvalue weighted by molar-refractivity contribution is 5.72. The monoisotopic (exact) mass is 258 g/mol. The molecule has 0 aliphatic heterocycles. The van der Waals surface area contributed by atoms with Crippen LogP contribution in [0.1, 0.15) is 16.7 Å². The van der Waals surface area contributed by atoms with Gasteiger partial charge in [-0.05, 0) is 18.6 Å². The number of esters is 1. The first-order chi connectivity index (χ1) is 9.15. The summed E-state index contributed by atoms with van der Waals surface area (Å²) in [6.45, 7) is 1.94. The number of carbonyl (C=O) groups excluding carboxylic acids is 1. The highest BCUT2D eigenvalue weighted by Crippen LogP contribution is 2.09. The highest BCUT2D eigenvalue weighted by Gasteiger charge is 2.07. The van der Waals surface area contributed by atoms with Gasteiger partial charge in [-0.2, -0.15) is 0 Å². The van der Waals surface area contributed by atoms with Gasteiger partial charge in [0.25, 0.3) is 0 Å². The molecule has 0 fully saturated rings. The molecule has 0 spiro atoms. The fourth-order valence-electron chi connectivity index (χ4n) is 1.81. The van der Waals surface area contributed by atoms with Gasteiger partial charge in [0, 0.05) is 5.56 Å². The minimum absolute atomic E-state index is 0.0304. The van der Waals surface area contributed by atoms with E-state index in [4.69, 9.17) is 4.74 Å². The van der Waals surface area contributed by atoms with Crippen LogP contribution in [-0.4, -0.2) is 5.97 Å². The Bertz CT molecular complexity index is 578. The van der Waals surface area contributed by atoms with Crippen molar-refractivity contribution in [3.8, 4) is 0 Å². The minimum Gasteiger partial charge on any atom is -0.460 e. The lowest BCUT2D eigenvalue weighted by atomic mass is 10.1. The van der Waals surface area contributed by atoms with E-state index in [0.29, 0.717) is 5.56 Å². The van der Waals surface area contributed by atoms with Gasteiger partial charge in [-0.1, -0.05) is 48.0 Å². The van der Waals surface area contributed by atoms with E-state index in [-0.39, 0.29) is 24.8 Å². The quantitative estimate of drug-likeness (QED) is 0.785. The lowest BCUT2D eigenvalue weighted by Crippen LogP contribution is -2.08. The maximum absolute atomic E-state index is 13.3. The number of halogens is 1. The third-order valence-electron chi connectivity index (χ3n) is 2.78. The molecular weight excluding hydrogens is 243 g/mol. The summed E-state index contributed by atoms with van der Waals surface area (Å²) in [5.41, 5.74) is 2.39. The Morgan fingerprint density at radius 1 is 1.16 bits per heavy atom. The molecule has 0 N–H and O–H groups in total. The number of benzene rings is 2. The van der Waals surface area contributed by atoms with Gasteiger partial charge in [0.15, 0.2) is 0 Å². The van der Waals surface area contributed by atoms with E-state index in [1.807, 2.05) is 31.2 Å². The molecule has 2 rings (SSSR count). The fourth-order valence-corrected chi connectivity index (χ4v) is 1.81. The van der Waals surface area contributed by atoms with Gasteiger partial charge in [0.2, 0.25) is 0 Å². The van der Waals surface area contributed by atoms with Crippen molar-refractivity contribution in [2.75, 3.05) is 0 Å². The predicted octanol–water partition coefficient (Wildman–Crippen LogP) is 3.42. The second-order valence-corrected chi connectivity index (χ2v) is 4.42. The van der Waals surface area contributed by atoms with Crippen molar-refractivity contribution < 1.29 is 13.9 Å². The van der Waals surface area contributed by atoms with E-state index < -0.39 is 0 Å². The van der Waals surface area contributed by atoms with Gasteiger partial charge in [0.05, 0.1) is 6.42 Å². The van der Waals surface area contributed by atoms with E-state index in [2.05, 4.69) is 0 Å². The maximum atomic E-state index is 13.3. The summed E-state index contributed by atoms with van der Waals surface area (Å²) in [7, 11) is 0. The van der Waals surface area contributed by atoms with Crippen molar-refractivity contribution in [1.82, 2.24) is 0 Å². The second kappa shape index (κ2) is 6.14. The van der Waals surface area contributed by atoms with Crippen LogP contribution in [0.2, 0.25) is 0 Å². The summed E-state index contributed by atoms with van der Waals surface area (Å²) in [4.78, 5) is 11.7. The van der Waals surface area contributed by atoms with Gasteiger partial charge in [-0.25, -0.2) is 4.39 Å². The number of carbonyl (C=O) groups is 1. The molecule has 0 radical (unpaired) electrons. The molecule has 0 aliphatic rings. The fraction of sp³-hybridized carbons (Fsp3) is 0.188. The number of rotatable bonds is 4. The van der Waals surface area contributed by atoms with Crippen LogP contribution in [0.4, 0.5) is 4.39 Å². The van der Waals surface area contributed by atoms with Crippen molar-refractivity contribution in [2.24, 2.45) is 0 Å². The average Bonchev–Trinajstić information content (AvgIpc) is 2.38. The van der Waals surface area contributed by atoms with Crippen molar-refractivity contribution in [2.45, 2.75) is 20.0 Å². The van der Waals surface area contributed by atoms with Crippen LogP contribution in [0.5, 0.6) is 0 Å². The first-order valence-electron chi connectivity index (χ1n) is 6.10. The van der Waals surface area contributed by atoms with Crippen LogP contribution >= 0.6 is 0 Å². The molecule has 0 saturated carbocycles. The molecule has 0 amide bonds. The van der Waals surface area contributed by atoms with E-state index in [1.165, 1.54) is 6.07 Å². The summed E-state index contributed by atoms with van der Waals surface area (Å²) < 4.78 is 18.4. The summed E-state index contributed by atoms with van der Waals surface area (Å²) in [5, 5.41) is 0. The van der Waals surface area contributed by atoms with Crippen molar-refractivity contribution in [1.29, 1.82) is 0 Å². The molecular formula is C16H15FO2. The third kappa shape index (κ3) is 3.91. The minimum atomic E-state index is -0.356. The number of hydrogen-bond acceptors (Lipinski definition) is 2. The van der Waals surface area contributed by atoms with E-state index >= 15 is 0 Å². The van der Waals surface area contributed by atoms with Crippen LogP contribution in [0.25, 0.3) is 0 Å². The van der Waals surface area contributed by atoms with Crippen molar-refractivity contribution in [3.05, 3.63) is 71.0 Å². The Hall–Kier alpha value is -2.16. The third-order valence-corrected chi connectivity index (χ3v) is 2.78. The Labute approximate surface area is 111 Å². The van der Waals surface area contributed by atoms with E-state index in [0.717, 1.165) is 11.1 Å². The first-order valence-corrected chi connectivity index (χ1v) is 6.10. The second-order valence-electron chi connectivity index (χ2n) is 4.42. The molecule has 0 bridgehead atoms. The lowest BCUT2D eigenvalue weighted by Gasteiger charge is -2.06. The smallest absolute Gasteiger partial charge is 0.310 e. The first kappa shape index (κ1) is 13.3. The molecule has 98 valence electrons. The van der Waals surface area contributed by atoms with Crippen LogP contribution in [0.3, 0.4) is 0 Å². The van der Waals surface area contributed by atoms with Crippen LogP contribution < -0.4 is 0 Å². The summed E-state index contributed by atoms with van der Waals surface area (Å²) in [6, 6.07) is 13.9. The topological polar surface area (TPSA) is 26.3 Å². The van der Waals surface area contributed by atoms with Crippen molar-refractivity contribution >= 4 is 5.97 Å². The Balaban J connectivity index is 1.90. The predicted molar refractivity (Wildman–Crippen MR) is 71.1 cm³/mol. The zero-order chi connectivity index (χ0) is 13.7. The number of hydrogen-bond donors (Lipinski definition) is 0. The highest BCUT2D eigenvalue weighted by atomic mass is 19.1. The molecule has 3 heteroatoms.